The van der Waals surface area contributed by atoms with Crippen molar-refractivity contribution in [1.82, 2.24) is 24.1 Å². The molecule has 3 aromatic rings. The first kappa shape index (κ1) is 26.6. The van der Waals surface area contributed by atoms with E-state index in [0.29, 0.717) is 24.3 Å². The van der Waals surface area contributed by atoms with Crippen LogP contribution in [0, 0.1) is 25.7 Å². The lowest BCUT2D eigenvalue weighted by Gasteiger charge is -2.26. The van der Waals surface area contributed by atoms with Crippen molar-refractivity contribution < 1.29 is 9.59 Å². The highest BCUT2D eigenvalue weighted by atomic mass is 16.2. The number of hydrogen-bond donors (Lipinski definition) is 3. The Morgan fingerprint density at radius 3 is 2.39 bits per heavy atom. The molecule has 3 rings (SSSR count). The van der Waals surface area contributed by atoms with Gasteiger partial charge in [-0.05, 0) is 37.7 Å². The molecule has 0 bridgehead atoms. The Labute approximate surface area is 208 Å². The van der Waals surface area contributed by atoms with E-state index < -0.39 is 17.2 Å². The molecule has 0 aliphatic heterocycles. The minimum atomic E-state index is -0.697. The third-order valence-electron chi connectivity index (χ3n) is 5.94. The number of nitrogens with zero attached hydrogens (tertiary/aromatic N) is 5. The number of carbonyl (C=O) groups excluding carboxylic acids is 2. The molecule has 0 fully saturated rings. The Kier molecular flexibility index (Phi) is 7.65. The maximum absolute atomic E-state index is 13.5. The van der Waals surface area contributed by atoms with E-state index in [-0.39, 0.29) is 47.8 Å². The van der Waals surface area contributed by atoms with Crippen LogP contribution in [0.2, 0.25) is 0 Å². The second-order valence-corrected chi connectivity index (χ2v) is 9.81. The van der Waals surface area contributed by atoms with Gasteiger partial charge >= 0.3 is 5.69 Å². The van der Waals surface area contributed by atoms with Crippen LogP contribution < -0.4 is 27.6 Å². The predicted octanol–water partition coefficient (Wildman–Crippen LogP) is 1.16. The van der Waals surface area contributed by atoms with E-state index in [0.717, 1.165) is 11.3 Å². The molecule has 0 saturated heterocycles. The van der Waals surface area contributed by atoms with Crippen LogP contribution >= 0.6 is 0 Å². The fourth-order valence-electron chi connectivity index (χ4n) is 4.28. The average Bonchev–Trinajstić information content (AvgIpc) is 3.19. The van der Waals surface area contributed by atoms with E-state index in [1.54, 1.807) is 6.92 Å². The lowest BCUT2D eigenvalue weighted by Crippen LogP contribution is -2.43. The second-order valence-electron chi connectivity index (χ2n) is 9.81. The average molecular weight is 499 g/mol. The summed E-state index contributed by atoms with van der Waals surface area (Å²) in [5.74, 6) is -0.824. The topological polar surface area (TPSA) is 174 Å². The normalized spacial score (nSPS) is 11.6. The van der Waals surface area contributed by atoms with Crippen molar-refractivity contribution in [3.8, 4) is 0 Å². The third kappa shape index (κ3) is 5.16. The van der Waals surface area contributed by atoms with E-state index in [1.807, 2.05) is 34.6 Å². The van der Waals surface area contributed by atoms with Gasteiger partial charge in [0.2, 0.25) is 5.91 Å². The molecule has 0 unspecified atom stereocenters. The molecule has 0 aliphatic rings. The number of H-pyrrole nitrogens is 1. The largest absolute Gasteiger partial charge is 0.383 e. The number of rotatable bonds is 9. The van der Waals surface area contributed by atoms with E-state index >= 15 is 0 Å². The first-order chi connectivity index (χ1) is 16.8. The zero-order chi connectivity index (χ0) is 26.9. The molecule has 5 N–H and O–H groups in total. The number of hydrogen-bond acceptors (Lipinski definition) is 7. The van der Waals surface area contributed by atoms with Crippen molar-refractivity contribution in [1.29, 1.82) is 0 Å². The van der Waals surface area contributed by atoms with Crippen molar-refractivity contribution in [2.45, 2.75) is 60.9 Å². The highest BCUT2D eigenvalue weighted by Gasteiger charge is 2.26. The van der Waals surface area contributed by atoms with Gasteiger partial charge in [0.25, 0.3) is 11.5 Å². The fourth-order valence-corrected chi connectivity index (χ4v) is 4.28. The Morgan fingerprint density at radius 1 is 1.14 bits per heavy atom. The first-order valence-electron chi connectivity index (χ1n) is 11.9. The summed E-state index contributed by atoms with van der Waals surface area (Å²) in [5, 5.41) is 4.22. The van der Waals surface area contributed by atoms with Crippen molar-refractivity contribution in [2.75, 3.05) is 17.2 Å². The standard InChI is InChI=1S/C24H34N8O4/c1-12(2)10-30(19-20(25)31(11-13(3)4)24(36)29-23(19)35)18(33)8-7-16-14(5)28-22-17(21(26)34)9-27-32(22)15(16)6/h9,12-13H,7-8,10-11,25H2,1-6H3,(H2,26,34)(H,29,35,36). The molecular weight excluding hydrogens is 464 g/mol. The number of nitrogens with one attached hydrogen (secondary N) is 1. The van der Waals surface area contributed by atoms with Crippen LogP contribution in [0.25, 0.3) is 5.65 Å². The number of nitrogen functional groups attached to an aromatic ring is 1. The zero-order valence-electron chi connectivity index (χ0n) is 21.6. The molecule has 0 atom stereocenters. The van der Waals surface area contributed by atoms with Gasteiger partial charge in [-0.1, -0.05) is 27.7 Å². The summed E-state index contributed by atoms with van der Waals surface area (Å²) in [6.45, 7) is 11.9. The van der Waals surface area contributed by atoms with Crippen LogP contribution in [-0.2, 0) is 17.8 Å². The molecule has 0 spiro atoms. The van der Waals surface area contributed by atoms with Gasteiger partial charge in [-0.25, -0.2) is 14.3 Å². The predicted molar refractivity (Wildman–Crippen MR) is 137 cm³/mol. The van der Waals surface area contributed by atoms with Crippen LogP contribution in [0.15, 0.2) is 15.8 Å². The zero-order valence-corrected chi connectivity index (χ0v) is 21.6. The molecule has 0 aromatic carbocycles. The van der Waals surface area contributed by atoms with Gasteiger partial charge in [-0.15, -0.1) is 0 Å². The highest BCUT2D eigenvalue weighted by Crippen LogP contribution is 2.23. The fraction of sp³-hybridized carbons (Fsp3) is 0.500. The summed E-state index contributed by atoms with van der Waals surface area (Å²) in [6.07, 6.45) is 1.76. The molecule has 2 amide bonds. The summed E-state index contributed by atoms with van der Waals surface area (Å²) >= 11 is 0. The van der Waals surface area contributed by atoms with E-state index in [4.69, 9.17) is 11.5 Å². The number of carbonyl (C=O) groups is 2. The monoisotopic (exact) mass is 498 g/mol. The molecule has 0 radical (unpaired) electrons. The highest BCUT2D eigenvalue weighted by molar-refractivity contribution is 5.98. The van der Waals surface area contributed by atoms with Crippen molar-refractivity contribution in [3.05, 3.63) is 49.5 Å². The van der Waals surface area contributed by atoms with Crippen molar-refractivity contribution >= 4 is 29.0 Å². The summed E-state index contributed by atoms with van der Waals surface area (Å²) in [6, 6.07) is 0. The summed E-state index contributed by atoms with van der Waals surface area (Å²) in [7, 11) is 0. The Bertz CT molecular complexity index is 1430. The number of aromatic amines is 1. The van der Waals surface area contributed by atoms with Gasteiger partial charge in [-0.3, -0.25) is 23.9 Å². The molecule has 0 saturated carbocycles. The number of amides is 2. The number of aryl methyl sites for hydroxylation is 2. The minimum absolute atomic E-state index is 0.0193. The first-order valence-corrected chi connectivity index (χ1v) is 11.9. The van der Waals surface area contributed by atoms with Crippen molar-refractivity contribution in [2.24, 2.45) is 17.6 Å². The summed E-state index contributed by atoms with van der Waals surface area (Å²) in [5.41, 5.74) is 13.1. The molecule has 12 nitrogen and oxygen atoms in total. The minimum Gasteiger partial charge on any atom is -0.383 e. The van der Waals surface area contributed by atoms with E-state index in [2.05, 4.69) is 15.1 Å². The number of primary amides is 1. The lowest BCUT2D eigenvalue weighted by molar-refractivity contribution is -0.118. The molecule has 12 heteroatoms. The van der Waals surface area contributed by atoms with Crippen LogP contribution in [0.5, 0.6) is 0 Å². The molecular formula is C24H34N8O4. The van der Waals surface area contributed by atoms with Gasteiger partial charge in [0.05, 0.1) is 6.20 Å². The van der Waals surface area contributed by atoms with Gasteiger partial charge in [-0.2, -0.15) is 5.10 Å². The Morgan fingerprint density at radius 2 is 1.81 bits per heavy atom. The quantitative estimate of drug-likeness (QED) is 0.396. The van der Waals surface area contributed by atoms with Gasteiger partial charge < -0.3 is 16.4 Å². The Balaban J connectivity index is 1.98. The molecule has 36 heavy (non-hydrogen) atoms. The molecule has 3 aromatic heterocycles. The van der Waals surface area contributed by atoms with Crippen LogP contribution in [0.1, 0.15) is 61.4 Å². The third-order valence-corrected chi connectivity index (χ3v) is 5.94. The summed E-state index contributed by atoms with van der Waals surface area (Å²) < 4.78 is 2.82. The number of anilines is 2. The number of aromatic nitrogens is 5. The summed E-state index contributed by atoms with van der Waals surface area (Å²) in [4.78, 5) is 58.5. The van der Waals surface area contributed by atoms with Gasteiger partial charge in [0, 0.05) is 30.9 Å². The number of nitrogens with two attached hydrogens (primary N) is 2. The van der Waals surface area contributed by atoms with Crippen LogP contribution in [-0.4, -0.2) is 42.5 Å². The van der Waals surface area contributed by atoms with E-state index in [1.165, 1.54) is 20.2 Å². The van der Waals surface area contributed by atoms with Crippen molar-refractivity contribution in [3.63, 3.8) is 0 Å². The smallest absolute Gasteiger partial charge is 0.330 e. The van der Waals surface area contributed by atoms with Gasteiger partial charge in [0.1, 0.15) is 11.4 Å². The molecule has 3 heterocycles. The molecule has 194 valence electrons. The SMILES string of the molecule is Cc1nc2c(C(N)=O)cnn2c(C)c1CCC(=O)N(CC(C)C)c1c(N)n(CC(C)C)c(=O)[nH]c1=O. The number of fused-ring (bicyclic) bond motifs is 1. The lowest BCUT2D eigenvalue weighted by atomic mass is 10.1. The molecule has 0 aliphatic carbocycles. The Hall–Kier alpha value is -3.96. The van der Waals surface area contributed by atoms with Crippen LogP contribution in [0.3, 0.4) is 0 Å². The van der Waals surface area contributed by atoms with E-state index in [9.17, 15) is 19.2 Å². The maximum Gasteiger partial charge on any atom is 0.330 e. The maximum atomic E-state index is 13.5. The van der Waals surface area contributed by atoms with Gasteiger partial charge in [0.15, 0.2) is 11.3 Å². The van der Waals surface area contributed by atoms with Crippen LogP contribution in [0.4, 0.5) is 11.5 Å². The second kappa shape index (κ2) is 10.3.